The largest absolute Gasteiger partial charge is 0.367 e. The van der Waals surface area contributed by atoms with Crippen LogP contribution in [0.5, 0.6) is 0 Å². The highest BCUT2D eigenvalue weighted by molar-refractivity contribution is 5.83. The summed E-state index contributed by atoms with van der Waals surface area (Å²) in [6.45, 7) is 0.714. The van der Waals surface area contributed by atoms with Crippen molar-refractivity contribution < 1.29 is 0 Å². The molecule has 2 aromatic carbocycles. The first-order valence-corrected chi connectivity index (χ1v) is 6.79. The fraction of sp³-hybridized carbons (Fsp3) is 0.118. The number of rotatable bonds is 4. The summed E-state index contributed by atoms with van der Waals surface area (Å²) >= 11 is 0. The predicted octanol–water partition coefficient (Wildman–Crippen LogP) is 3.16. The third-order valence-corrected chi connectivity index (χ3v) is 3.32. The molecular formula is C17H14N4. The molecule has 0 spiro atoms. The van der Waals surface area contributed by atoms with Gasteiger partial charge in [-0.1, -0.05) is 42.5 Å². The molecule has 0 aliphatic heterocycles. The van der Waals surface area contributed by atoms with Crippen LogP contribution in [0.1, 0.15) is 11.3 Å². The molecule has 1 aromatic heterocycles. The second-order valence-electron chi connectivity index (χ2n) is 4.72. The van der Waals surface area contributed by atoms with E-state index in [1.807, 2.05) is 18.2 Å². The van der Waals surface area contributed by atoms with Crippen molar-refractivity contribution >= 4 is 16.6 Å². The topological polar surface area (TPSA) is 61.6 Å². The number of hydrogen-bond acceptors (Lipinski definition) is 4. The molecule has 0 saturated carbocycles. The van der Waals surface area contributed by atoms with Crippen LogP contribution < -0.4 is 5.32 Å². The number of nitrogens with zero attached hydrogens (tertiary/aromatic N) is 3. The van der Waals surface area contributed by atoms with Gasteiger partial charge >= 0.3 is 0 Å². The van der Waals surface area contributed by atoms with Crippen molar-refractivity contribution in [2.75, 3.05) is 11.9 Å². The quantitative estimate of drug-likeness (QED) is 0.793. The standard InChI is InChI=1S/C17H14N4/c18-12-16-17(21-10-9-19-16)20-8-7-13-5-6-14-3-1-2-4-15(14)11-13/h1-6,9-11H,7-8H2,(H,20,21). The van der Waals surface area contributed by atoms with Crippen molar-refractivity contribution in [2.24, 2.45) is 0 Å². The number of benzene rings is 2. The summed E-state index contributed by atoms with van der Waals surface area (Å²) in [5.74, 6) is 0.542. The first-order valence-electron chi connectivity index (χ1n) is 6.79. The van der Waals surface area contributed by atoms with E-state index >= 15 is 0 Å². The lowest BCUT2D eigenvalue weighted by atomic mass is 10.1. The molecule has 0 aliphatic carbocycles. The highest BCUT2D eigenvalue weighted by Gasteiger charge is 2.03. The van der Waals surface area contributed by atoms with Crippen molar-refractivity contribution in [2.45, 2.75) is 6.42 Å². The van der Waals surface area contributed by atoms with E-state index in [4.69, 9.17) is 5.26 Å². The summed E-state index contributed by atoms with van der Waals surface area (Å²) in [5, 5.41) is 14.6. The molecule has 3 rings (SSSR count). The van der Waals surface area contributed by atoms with Crippen molar-refractivity contribution in [3.05, 3.63) is 66.1 Å². The lowest BCUT2D eigenvalue weighted by Gasteiger charge is -2.07. The summed E-state index contributed by atoms with van der Waals surface area (Å²) in [6, 6.07) is 16.8. The fourth-order valence-electron chi connectivity index (χ4n) is 2.27. The first kappa shape index (κ1) is 13.1. The van der Waals surface area contributed by atoms with E-state index in [1.165, 1.54) is 22.5 Å². The van der Waals surface area contributed by atoms with E-state index in [-0.39, 0.29) is 0 Å². The Kier molecular flexibility index (Phi) is 3.74. The van der Waals surface area contributed by atoms with Crippen molar-refractivity contribution in [1.29, 1.82) is 5.26 Å². The molecule has 0 radical (unpaired) electrons. The van der Waals surface area contributed by atoms with Crippen LogP contribution in [-0.2, 0) is 6.42 Å². The Bertz CT molecular complexity index is 805. The van der Waals surface area contributed by atoms with Gasteiger partial charge in [0, 0.05) is 18.9 Å². The van der Waals surface area contributed by atoms with Crippen LogP contribution in [0.4, 0.5) is 5.82 Å². The van der Waals surface area contributed by atoms with E-state index in [1.54, 1.807) is 6.20 Å². The van der Waals surface area contributed by atoms with Gasteiger partial charge in [0.2, 0.25) is 0 Å². The molecule has 3 aromatic rings. The summed E-state index contributed by atoms with van der Waals surface area (Å²) in [4.78, 5) is 8.11. The summed E-state index contributed by atoms with van der Waals surface area (Å²) in [6.07, 6.45) is 3.97. The highest BCUT2D eigenvalue weighted by Crippen LogP contribution is 2.16. The zero-order chi connectivity index (χ0) is 14.5. The predicted molar refractivity (Wildman–Crippen MR) is 82.9 cm³/mol. The Morgan fingerprint density at radius 1 is 1.00 bits per heavy atom. The molecule has 0 aliphatic rings. The van der Waals surface area contributed by atoms with Gasteiger partial charge in [0.1, 0.15) is 6.07 Å². The number of nitriles is 1. The van der Waals surface area contributed by atoms with Crippen molar-refractivity contribution in [1.82, 2.24) is 9.97 Å². The second kappa shape index (κ2) is 6.02. The molecule has 21 heavy (non-hydrogen) atoms. The molecule has 1 heterocycles. The molecule has 0 amide bonds. The smallest absolute Gasteiger partial charge is 0.182 e. The monoisotopic (exact) mass is 274 g/mol. The number of hydrogen-bond donors (Lipinski definition) is 1. The van der Waals surface area contributed by atoms with Crippen LogP contribution in [0.2, 0.25) is 0 Å². The Morgan fingerprint density at radius 2 is 1.81 bits per heavy atom. The maximum Gasteiger partial charge on any atom is 0.182 e. The van der Waals surface area contributed by atoms with Gasteiger partial charge in [-0.25, -0.2) is 9.97 Å². The van der Waals surface area contributed by atoms with Gasteiger partial charge in [-0.15, -0.1) is 0 Å². The maximum atomic E-state index is 8.96. The van der Waals surface area contributed by atoms with E-state index < -0.39 is 0 Å². The fourth-order valence-corrected chi connectivity index (χ4v) is 2.27. The van der Waals surface area contributed by atoms with Gasteiger partial charge in [-0.3, -0.25) is 0 Å². The Balaban J connectivity index is 1.68. The third-order valence-electron chi connectivity index (χ3n) is 3.32. The molecule has 0 atom stereocenters. The van der Waals surface area contributed by atoms with Crippen LogP contribution in [0, 0.1) is 11.3 Å². The van der Waals surface area contributed by atoms with E-state index in [9.17, 15) is 0 Å². The first-order chi connectivity index (χ1) is 10.4. The van der Waals surface area contributed by atoms with Crippen LogP contribution in [0.25, 0.3) is 10.8 Å². The Hall–Kier alpha value is -2.93. The van der Waals surface area contributed by atoms with E-state index in [2.05, 4.69) is 45.6 Å². The number of aromatic nitrogens is 2. The molecule has 4 nitrogen and oxygen atoms in total. The number of nitrogens with one attached hydrogen (secondary N) is 1. The molecule has 102 valence electrons. The summed E-state index contributed by atoms with van der Waals surface area (Å²) in [5.41, 5.74) is 1.58. The highest BCUT2D eigenvalue weighted by atomic mass is 15.0. The minimum Gasteiger partial charge on any atom is -0.367 e. The average molecular weight is 274 g/mol. The molecular weight excluding hydrogens is 260 g/mol. The van der Waals surface area contributed by atoms with Crippen molar-refractivity contribution in [3.8, 4) is 6.07 Å². The van der Waals surface area contributed by atoms with Crippen LogP contribution in [-0.4, -0.2) is 16.5 Å². The molecule has 0 bridgehead atoms. The van der Waals surface area contributed by atoms with Crippen LogP contribution in [0.15, 0.2) is 54.9 Å². The zero-order valence-corrected chi connectivity index (χ0v) is 11.5. The zero-order valence-electron chi connectivity index (χ0n) is 11.5. The summed E-state index contributed by atoms with van der Waals surface area (Å²) < 4.78 is 0. The van der Waals surface area contributed by atoms with E-state index in [0.717, 1.165) is 6.42 Å². The molecule has 4 heteroatoms. The SMILES string of the molecule is N#Cc1nccnc1NCCc1ccc2ccccc2c1. The average Bonchev–Trinajstić information content (AvgIpc) is 2.55. The van der Waals surface area contributed by atoms with Gasteiger partial charge in [0.05, 0.1) is 0 Å². The number of fused-ring (bicyclic) bond motifs is 1. The maximum absolute atomic E-state index is 8.96. The molecule has 0 unspecified atom stereocenters. The third kappa shape index (κ3) is 2.98. The normalized spacial score (nSPS) is 10.2. The summed E-state index contributed by atoms with van der Waals surface area (Å²) in [7, 11) is 0. The Labute approximate surface area is 123 Å². The molecule has 0 saturated heterocycles. The Morgan fingerprint density at radius 3 is 2.67 bits per heavy atom. The van der Waals surface area contributed by atoms with Crippen LogP contribution in [0.3, 0.4) is 0 Å². The van der Waals surface area contributed by atoms with Crippen LogP contribution >= 0.6 is 0 Å². The van der Waals surface area contributed by atoms with Gasteiger partial charge in [-0.2, -0.15) is 5.26 Å². The molecule has 1 N–H and O–H groups in total. The number of anilines is 1. The minimum atomic E-state index is 0.330. The minimum absolute atomic E-state index is 0.330. The van der Waals surface area contributed by atoms with Gasteiger partial charge in [0.15, 0.2) is 11.5 Å². The van der Waals surface area contributed by atoms with E-state index in [0.29, 0.717) is 18.1 Å². The second-order valence-corrected chi connectivity index (χ2v) is 4.72. The molecule has 0 fully saturated rings. The lowest BCUT2D eigenvalue weighted by molar-refractivity contribution is 0.997. The van der Waals surface area contributed by atoms with Gasteiger partial charge < -0.3 is 5.32 Å². The lowest BCUT2D eigenvalue weighted by Crippen LogP contribution is -2.08. The van der Waals surface area contributed by atoms with Gasteiger partial charge in [0.25, 0.3) is 0 Å². The van der Waals surface area contributed by atoms with Gasteiger partial charge in [-0.05, 0) is 22.8 Å². The van der Waals surface area contributed by atoms with Crippen molar-refractivity contribution in [3.63, 3.8) is 0 Å².